The van der Waals surface area contributed by atoms with Crippen molar-refractivity contribution >= 4 is 11.1 Å². The summed E-state index contributed by atoms with van der Waals surface area (Å²) in [7, 11) is 0. The van der Waals surface area contributed by atoms with Gasteiger partial charge in [0.1, 0.15) is 0 Å². The molecule has 0 aliphatic rings. The van der Waals surface area contributed by atoms with Gasteiger partial charge in [0.15, 0.2) is 6.54 Å². The summed E-state index contributed by atoms with van der Waals surface area (Å²) in [5.74, 6) is 0.989. The van der Waals surface area contributed by atoms with Gasteiger partial charge in [-0.25, -0.2) is 0 Å². The van der Waals surface area contributed by atoms with E-state index in [1.165, 1.54) is 5.52 Å². The molecule has 0 fully saturated rings. The maximum atomic E-state index is 5.61. The molecule has 0 aliphatic carbocycles. The Morgan fingerprint density at radius 2 is 2.00 bits per heavy atom. The first-order valence-electron chi connectivity index (χ1n) is 4.71. The van der Waals surface area contributed by atoms with Crippen molar-refractivity contribution in [3.05, 3.63) is 30.2 Å². The van der Waals surface area contributed by atoms with E-state index in [0.717, 1.165) is 24.4 Å². The molecule has 2 nitrogen and oxygen atoms in total. The van der Waals surface area contributed by atoms with Gasteiger partial charge in [0.2, 0.25) is 5.58 Å². The highest BCUT2D eigenvalue weighted by molar-refractivity contribution is 5.68. The fraction of sp³-hybridized carbons (Fsp3) is 0.364. The number of aryl methyl sites for hydroxylation is 2. The highest BCUT2D eigenvalue weighted by Gasteiger charge is 2.16. The van der Waals surface area contributed by atoms with Crippen molar-refractivity contribution in [2.75, 3.05) is 0 Å². The Hall–Kier alpha value is -0.580. The lowest BCUT2D eigenvalue weighted by Crippen LogP contribution is -3.00. The molecule has 0 saturated heterocycles. The third-order valence-corrected chi connectivity index (χ3v) is 2.24. The van der Waals surface area contributed by atoms with E-state index >= 15 is 0 Å². The van der Waals surface area contributed by atoms with Gasteiger partial charge >= 0.3 is 5.89 Å². The number of hydrogen-bond donors (Lipinski definition) is 0. The second-order valence-corrected chi connectivity index (χ2v) is 3.24. The molecular weight excluding hydrogens is 289 g/mol. The number of hydrogen-bond acceptors (Lipinski definition) is 1. The fourth-order valence-corrected chi connectivity index (χ4v) is 1.65. The zero-order valence-electron chi connectivity index (χ0n) is 8.46. The van der Waals surface area contributed by atoms with Crippen molar-refractivity contribution in [3.8, 4) is 0 Å². The van der Waals surface area contributed by atoms with E-state index < -0.39 is 0 Å². The summed E-state index contributed by atoms with van der Waals surface area (Å²) in [5.41, 5.74) is 2.18. The van der Waals surface area contributed by atoms with Crippen LogP contribution in [-0.4, -0.2) is 0 Å². The minimum Gasteiger partial charge on any atom is -1.00 e. The smallest absolute Gasteiger partial charge is 0.344 e. The lowest BCUT2D eigenvalue weighted by Gasteiger charge is -1.89. The lowest BCUT2D eigenvalue weighted by molar-refractivity contribution is -0.682. The van der Waals surface area contributed by atoms with E-state index in [9.17, 15) is 0 Å². The van der Waals surface area contributed by atoms with Gasteiger partial charge in [-0.1, -0.05) is 19.1 Å². The van der Waals surface area contributed by atoms with Crippen LogP contribution >= 0.6 is 0 Å². The molecule has 1 aromatic carbocycles. The molecule has 0 saturated carbocycles. The van der Waals surface area contributed by atoms with Crippen LogP contribution in [-0.2, 0) is 6.54 Å². The van der Waals surface area contributed by atoms with Crippen molar-refractivity contribution < 1.29 is 33.0 Å². The van der Waals surface area contributed by atoms with E-state index in [2.05, 4.69) is 17.6 Å². The molecule has 0 aliphatic heterocycles. The molecular formula is C11H14INO. The maximum Gasteiger partial charge on any atom is 0.344 e. The maximum absolute atomic E-state index is 5.61. The predicted octanol–water partition coefficient (Wildman–Crippen LogP) is -0.557. The topological polar surface area (TPSA) is 17.0 Å². The van der Waals surface area contributed by atoms with Crippen molar-refractivity contribution in [2.45, 2.75) is 26.8 Å². The van der Waals surface area contributed by atoms with Gasteiger partial charge in [0.25, 0.3) is 5.52 Å². The van der Waals surface area contributed by atoms with Gasteiger partial charge in [-0.3, -0.25) is 0 Å². The summed E-state index contributed by atoms with van der Waals surface area (Å²) in [5, 5.41) is 0. The molecule has 0 amide bonds. The monoisotopic (exact) mass is 303 g/mol. The van der Waals surface area contributed by atoms with Gasteiger partial charge in [0.05, 0.1) is 6.92 Å². The number of nitrogens with zero attached hydrogens (tertiary/aromatic N) is 1. The number of rotatable bonds is 2. The normalized spacial score (nSPS) is 10.1. The number of fused-ring (bicyclic) bond motifs is 1. The molecule has 1 heterocycles. The van der Waals surface area contributed by atoms with Gasteiger partial charge < -0.3 is 28.4 Å². The van der Waals surface area contributed by atoms with Crippen LogP contribution in [0.5, 0.6) is 0 Å². The van der Waals surface area contributed by atoms with Crippen molar-refractivity contribution in [3.63, 3.8) is 0 Å². The molecule has 0 atom stereocenters. The molecule has 3 heteroatoms. The Morgan fingerprint density at radius 1 is 1.29 bits per heavy atom. The van der Waals surface area contributed by atoms with Crippen LogP contribution in [0.25, 0.3) is 11.1 Å². The summed E-state index contributed by atoms with van der Waals surface area (Å²) in [6.45, 7) is 5.22. The summed E-state index contributed by atoms with van der Waals surface area (Å²) >= 11 is 0. The van der Waals surface area contributed by atoms with Gasteiger partial charge in [-0.05, 0) is 6.07 Å². The van der Waals surface area contributed by atoms with E-state index in [0.29, 0.717) is 0 Å². The van der Waals surface area contributed by atoms with E-state index in [1.807, 2.05) is 25.1 Å². The molecule has 0 N–H and O–H groups in total. The zero-order valence-corrected chi connectivity index (χ0v) is 10.6. The highest BCUT2D eigenvalue weighted by Crippen LogP contribution is 2.12. The summed E-state index contributed by atoms with van der Waals surface area (Å²) in [4.78, 5) is 0. The minimum atomic E-state index is 0. The molecule has 1 aromatic heterocycles. The Bertz CT molecular complexity index is 422. The van der Waals surface area contributed by atoms with E-state index in [4.69, 9.17) is 4.42 Å². The largest absolute Gasteiger partial charge is 1.00 e. The molecule has 0 unspecified atom stereocenters. The third kappa shape index (κ3) is 1.92. The number of halogens is 1. The predicted molar refractivity (Wildman–Crippen MR) is 51.4 cm³/mol. The summed E-state index contributed by atoms with van der Waals surface area (Å²) in [6.07, 6.45) is 1.13. The Kier molecular flexibility index (Phi) is 3.92. The van der Waals surface area contributed by atoms with Crippen LogP contribution in [0.1, 0.15) is 19.2 Å². The van der Waals surface area contributed by atoms with Crippen molar-refractivity contribution in [1.82, 2.24) is 0 Å². The molecule has 0 radical (unpaired) electrons. The van der Waals surface area contributed by atoms with Gasteiger partial charge in [-0.15, -0.1) is 0 Å². The van der Waals surface area contributed by atoms with Crippen LogP contribution < -0.4 is 28.5 Å². The van der Waals surface area contributed by atoms with E-state index in [-0.39, 0.29) is 24.0 Å². The van der Waals surface area contributed by atoms with E-state index in [1.54, 1.807) is 0 Å². The fourth-order valence-electron chi connectivity index (χ4n) is 1.65. The number of benzene rings is 1. The number of para-hydroxylation sites is 2. The lowest BCUT2D eigenvalue weighted by atomic mass is 10.3. The SMILES string of the molecule is CCC[n+]1c(C)oc2ccccc21.[I-]. The van der Waals surface area contributed by atoms with Crippen LogP contribution in [0.2, 0.25) is 0 Å². The molecule has 0 bridgehead atoms. The molecule has 76 valence electrons. The second-order valence-electron chi connectivity index (χ2n) is 3.24. The summed E-state index contributed by atoms with van der Waals surface area (Å²) < 4.78 is 7.83. The minimum absolute atomic E-state index is 0. The highest BCUT2D eigenvalue weighted by atomic mass is 127. The van der Waals surface area contributed by atoms with Crippen molar-refractivity contribution in [1.29, 1.82) is 0 Å². The van der Waals surface area contributed by atoms with Crippen molar-refractivity contribution in [2.24, 2.45) is 0 Å². The number of oxazole rings is 1. The summed E-state index contributed by atoms with van der Waals surface area (Å²) in [6, 6.07) is 8.15. The first kappa shape index (κ1) is 11.5. The first-order valence-corrected chi connectivity index (χ1v) is 4.71. The van der Waals surface area contributed by atoms with Crippen LogP contribution in [0.3, 0.4) is 0 Å². The third-order valence-electron chi connectivity index (χ3n) is 2.24. The molecule has 0 spiro atoms. The molecule has 2 aromatic rings. The average molecular weight is 303 g/mol. The average Bonchev–Trinajstić information content (AvgIpc) is 2.44. The Balaban J connectivity index is 0.000000980. The quantitative estimate of drug-likeness (QED) is 0.537. The van der Waals surface area contributed by atoms with Crippen LogP contribution in [0, 0.1) is 6.92 Å². The van der Waals surface area contributed by atoms with Crippen LogP contribution in [0.4, 0.5) is 0 Å². The van der Waals surface area contributed by atoms with Crippen LogP contribution in [0.15, 0.2) is 28.7 Å². The first-order chi connectivity index (χ1) is 6.33. The Morgan fingerprint density at radius 3 is 2.71 bits per heavy atom. The van der Waals surface area contributed by atoms with Gasteiger partial charge in [-0.2, -0.15) is 4.57 Å². The molecule has 2 rings (SSSR count). The second kappa shape index (κ2) is 4.77. The Labute approximate surface area is 101 Å². The zero-order chi connectivity index (χ0) is 9.26. The van der Waals surface area contributed by atoms with Gasteiger partial charge in [0, 0.05) is 12.5 Å². The standard InChI is InChI=1S/C11H14NO.HI/c1-3-8-12-9(2)13-11-7-5-4-6-10(11)12;/h4-7H,3,8H2,1-2H3;1H/q+1;/p-1. The number of aromatic nitrogens is 1. The molecule has 14 heavy (non-hydrogen) atoms.